The zero-order chi connectivity index (χ0) is 19.1. The second-order valence-corrected chi connectivity index (χ2v) is 5.54. The maximum atomic E-state index is 12.5. The van der Waals surface area contributed by atoms with E-state index in [1.54, 1.807) is 31.2 Å². The molecule has 7 nitrogen and oxygen atoms in total. The number of para-hydroxylation sites is 1. The summed E-state index contributed by atoms with van der Waals surface area (Å²) < 4.78 is 10.00. The van der Waals surface area contributed by atoms with Crippen molar-refractivity contribution in [3.05, 3.63) is 63.7 Å². The first kappa shape index (κ1) is 18.9. The zero-order valence-electron chi connectivity index (χ0n) is 14.5. The molecule has 0 aliphatic rings. The Bertz CT molecular complexity index is 870. The van der Waals surface area contributed by atoms with Crippen LogP contribution in [0.2, 0.25) is 0 Å². The van der Waals surface area contributed by atoms with Crippen LogP contribution < -0.4 is 10.5 Å². The van der Waals surface area contributed by atoms with Crippen LogP contribution in [0.3, 0.4) is 0 Å². The van der Waals surface area contributed by atoms with E-state index in [4.69, 9.17) is 14.4 Å². The zero-order valence-corrected chi connectivity index (χ0v) is 14.5. The molecule has 2 rings (SSSR count). The topological polar surface area (TPSA) is 101 Å². The van der Waals surface area contributed by atoms with Crippen molar-refractivity contribution in [3.8, 4) is 6.07 Å². The average Bonchev–Trinajstić information content (AvgIpc) is 2.60. The first-order valence-corrected chi connectivity index (χ1v) is 7.95. The highest BCUT2D eigenvalue weighted by molar-refractivity contribution is 5.97. The van der Waals surface area contributed by atoms with E-state index < -0.39 is 24.1 Å². The highest BCUT2D eigenvalue weighted by Crippen LogP contribution is 2.15. The molecule has 0 aliphatic carbocycles. The summed E-state index contributed by atoms with van der Waals surface area (Å²) in [7, 11) is 0. The van der Waals surface area contributed by atoms with E-state index >= 15 is 0 Å². The largest absolute Gasteiger partial charge is 0.452 e. The Hall–Kier alpha value is -3.40. The molecule has 1 aromatic heterocycles. The third-order valence-corrected chi connectivity index (χ3v) is 3.68. The van der Waals surface area contributed by atoms with Gasteiger partial charge in [-0.15, -0.1) is 0 Å². The van der Waals surface area contributed by atoms with Gasteiger partial charge in [-0.1, -0.05) is 18.2 Å². The fourth-order valence-corrected chi connectivity index (χ4v) is 2.51. The van der Waals surface area contributed by atoms with Crippen LogP contribution in [-0.4, -0.2) is 25.0 Å². The molecule has 2 aromatic rings. The Morgan fingerprint density at radius 1 is 1.23 bits per heavy atom. The van der Waals surface area contributed by atoms with E-state index in [0.717, 1.165) is 0 Å². The highest BCUT2D eigenvalue weighted by Gasteiger charge is 2.21. The van der Waals surface area contributed by atoms with Crippen molar-refractivity contribution in [2.24, 2.45) is 0 Å². The smallest absolute Gasteiger partial charge is 0.342 e. The number of carbonyl (C=O) groups excluding carboxylic acids is 2. The summed E-state index contributed by atoms with van der Waals surface area (Å²) in [4.78, 5) is 37.4. The lowest BCUT2D eigenvalue weighted by molar-refractivity contribution is -0.121. The summed E-state index contributed by atoms with van der Waals surface area (Å²) in [5.41, 5.74) is 0.600. The van der Waals surface area contributed by atoms with Crippen LogP contribution in [0.5, 0.6) is 0 Å². The van der Waals surface area contributed by atoms with Crippen LogP contribution in [0.25, 0.3) is 0 Å². The van der Waals surface area contributed by atoms with Crippen molar-refractivity contribution < 1.29 is 18.7 Å². The SMILES string of the molecule is Cc1cc(=O)oc(C)c1C(=O)OCC(=O)N(CCC#N)c1ccccc1. The third kappa shape index (κ3) is 4.57. The minimum absolute atomic E-state index is 0.126. The second kappa shape index (κ2) is 8.62. The van der Waals surface area contributed by atoms with Crippen molar-refractivity contribution in [3.63, 3.8) is 0 Å². The fourth-order valence-electron chi connectivity index (χ4n) is 2.51. The Kier molecular flexibility index (Phi) is 6.28. The molecule has 26 heavy (non-hydrogen) atoms. The molecule has 0 bridgehead atoms. The minimum Gasteiger partial charge on any atom is -0.452 e. The van der Waals surface area contributed by atoms with Gasteiger partial charge < -0.3 is 14.1 Å². The Morgan fingerprint density at radius 2 is 1.92 bits per heavy atom. The summed E-state index contributed by atoms with van der Waals surface area (Å²) in [5, 5.41) is 8.78. The fraction of sp³-hybridized carbons (Fsp3) is 0.263. The number of amides is 1. The van der Waals surface area contributed by atoms with Gasteiger partial charge in [0.1, 0.15) is 11.3 Å². The maximum Gasteiger partial charge on any atom is 0.342 e. The van der Waals surface area contributed by atoms with Gasteiger partial charge in [0, 0.05) is 18.3 Å². The molecule has 0 unspecified atom stereocenters. The van der Waals surface area contributed by atoms with Crippen LogP contribution in [0.4, 0.5) is 5.69 Å². The average molecular weight is 354 g/mol. The van der Waals surface area contributed by atoms with E-state index in [2.05, 4.69) is 0 Å². The van der Waals surface area contributed by atoms with Crippen molar-refractivity contribution in [1.29, 1.82) is 5.26 Å². The van der Waals surface area contributed by atoms with Gasteiger partial charge in [-0.05, 0) is 31.5 Å². The molecular formula is C19H18N2O5. The number of carbonyl (C=O) groups is 2. The number of anilines is 1. The minimum atomic E-state index is -0.745. The summed E-state index contributed by atoms with van der Waals surface area (Å²) in [6, 6.07) is 12.0. The van der Waals surface area contributed by atoms with Crippen molar-refractivity contribution in [1.82, 2.24) is 0 Å². The van der Waals surface area contributed by atoms with Gasteiger partial charge >= 0.3 is 11.6 Å². The number of hydrogen-bond acceptors (Lipinski definition) is 6. The van der Waals surface area contributed by atoms with Gasteiger partial charge in [-0.3, -0.25) is 4.79 Å². The molecule has 134 valence electrons. The lowest BCUT2D eigenvalue weighted by atomic mass is 10.1. The number of nitrogens with zero attached hydrogens (tertiary/aromatic N) is 2. The Morgan fingerprint density at radius 3 is 2.54 bits per heavy atom. The van der Waals surface area contributed by atoms with Crippen LogP contribution in [0.1, 0.15) is 28.1 Å². The van der Waals surface area contributed by atoms with Crippen LogP contribution in [0, 0.1) is 25.2 Å². The van der Waals surface area contributed by atoms with E-state index in [9.17, 15) is 14.4 Å². The number of aryl methyl sites for hydroxylation is 2. The molecule has 0 aliphatic heterocycles. The van der Waals surface area contributed by atoms with Gasteiger partial charge in [-0.25, -0.2) is 9.59 Å². The maximum absolute atomic E-state index is 12.5. The quantitative estimate of drug-likeness (QED) is 0.738. The Balaban J connectivity index is 2.11. The molecule has 7 heteroatoms. The number of nitriles is 1. The van der Waals surface area contributed by atoms with Gasteiger partial charge in [0.05, 0.1) is 12.5 Å². The first-order chi connectivity index (χ1) is 12.4. The van der Waals surface area contributed by atoms with E-state index in [-0.39, 0.29) is 24.3 Å². The number of esters is 1. The monoisotopic (exact) mass is 354 g/mol. The summed E-state index contributed by atoms with van der Waals surface area (Å²) >= 11 is 0. The van der Waals surface area contributed by atoms with Gasteiger partial charge in [0.2, 0.25) is 0 Å². The molecular weight excluding hydrogens is 336 g/mol. The molecule has 0 spiro atoms. The molecule has 0 saturated heterocycles. The predicted molar refractivity (Wildman–Crippen MR) is 93.8 cm³/mol. The standard InChI is InChI=1S/C19H18N2O5/c1-13-11-17(23)26-14(2)18(13)19(24)25-12-16(22)21(10-6-9-20)15-7-4-3-5-8-15/h3-5,7-8,11H,6,10,12H2,1-2H3. The molecule has 1 aromatic carbocycles. The third-order valence-electron chi connectivity index (χ3n) is 3.68. The Labute approximate surface area is 150 Å². The summed E-state index contributed by atoms with van der Waals surface area (Å²) in [6.07, 6.45) is 0.149. The van der Waals surface area contributed by atoms with Crippen LogP contribution in [-0.2, 0) is 9.53 Å². The van der Waals surface area contributed by atoms with Crippen molar-refractivity contribution in [2.75, 3.05) is 18.1 Å². The van der Waals surface area contributed by atoms with Crippen molar-refractivity contribution >= 4 is 17.6 Å². The van der Waals surface area contributed by atoms with Gasteiger partial charge in [-0.2, -0.15) is 5.26 Å². The number of hydrogen-bond donors (Lipinski definition) is 0. The second-order valence-electron chi connectivity index (χ2n) is 5.54. The van der Waals surface area contributed by atoms with E-state index in [1.165, 1.54) is 17.9 Å². The number of ether oxygens (including phenoxy) is 1. The lowest BCUT2D eigenvalue weighted by Gasteiger charge is -2.21. The molecule has 0 saturated carbocycles. The normalized spacial score (nSPS) is 10.0. The van der Waals surface area contributed by atoms with Crippen molar-refractivity contribution in [2.45, 2.75) is 20.3 Å². The highest BCUT2D eigenvalue weighted by atomic mass is 16.5. The van der Waals surface area contributed by atoms with E-state index in [0.29, 0.717) is 11.3 Å². The number of rotatable bonds is 6. The summed E-state index contributed by atoms with van der Waals surface area (Å²) in [5.74, 6) is -1.06. The van der Waals surface area contributed by atoms with Crippen LogP contribution >= 0.6 is 0 Å². The van der Waals surface area contributed by atoms with Crippen LogP contribution in [0.15, 0.2) is 45.6 Å². The molecule has 0 fully saturated rings. The molecule has 0 N–H and O–H groups in total. The molecule has 1 heterocycles. The number of benzene rings is 1. The molecule has 0 radical (unpaired) electrons. The van der Waals surface area contributed by atoms with Gasteiger partial charge in [0.25, 0.3) is 5.91 Å². The van der Waals surface area contributed by atoms with Gasteiger partial charge in [0.15, 0.2) is 6.61 Å². The van der Waals surface area contributed by atoms with E-state index in [1.807, 2.05) is 12.1 Å². The summed E-state index contributed by atoms with van der Waals surface area (Å²) in [6.45, 7) is 2.77. The first-order valence-electron chi connectivity index (χ1n) is 7.95. The molecule has 0 atom stereocenters. The predicted octanol–water partition coefficient (Wildman–Crippen LogP) is 2.36. The molecule has 1 amide bonds. The lowest BCUT2D eigenvalue weighted by Crippen LogP contribution is -2.35.